The van der Waals surface area contributed by atoms with E-state index in [0.29, 0.717) is 16.8 Å². The number of nitrogens with zero attached hydrogens (tertiary/aromatic N) is 3. The van der Waals surface area contributed by atoms with Crippen molar-refractivity contribution in [3.8, 4) is 0 Å². The van der Waals surface area contributed by atoms with Gasteiger partial charge in [-0.05, 0) is 37.9 Å². The van der Waals surface area contributed by atoms with Crippen molar-refractivity contribution >= 4 is 17.5 Å². The van der Waals surface area contributed by atoms with Crippen LogP contribution in [0.3, 0.4) is 0 Å². The largest absolute Gasteiger partial charge is 0.337 e. The van der Waals surface area contributed by atoms with Crippen molar-refractivity contribution in [2.24, 2.45) is 0 Å². The van der Waals surface area contributed by atoms with E-state index in [1.807, 2.05) is 4.90 Å². The van der Waals surface area contributed by atoms with E-state index < -0.39 is 0 Å². The minimum Gasteiger partial charge on any atom is -0.337 e. The maximum atomic E-state index is 12.5. The Morgan fingerprint density at radius 2 is 2.11 bits per heavy atom. The molecule has 3 rings (SSSR count). The number of pyridine rings is 1. The highest BCUT2D eigenvalue weighted by atomic mass is 35.5. The molecule has 0 radical (unpaired) electrons. The third kappa shape index (κ3) is 2.74. The minimum absolute atomic E-state index is 0.0814. The van der Waals surface area contributed by atoms with Gasteiger partial charge in [0.05, 0.1) is 5.56 Å². The van der Waals surface area contributed by atoms with E-state index >= 15 is 0 Å². The van der Waals surface area contributed by atoms with Crippen molar-refractivity contribution < 1.29 is 4.79 Å². The van der Waals surface area contributed by atoms with Crippen molar-refractivity contribution in [3.05, 3.63) is 29.0 Å². The molecule has 19 heavy (non-hydrogen) atoms. The number of rotatable bonds is 1. The topological polar surface area (TPSA) is 36.4 Å². The standard InChI is InChI=1S/C14H18ClN3O/c15-13-5-4-11(9-16-13)14(19)18-8-2-7-17-6-1-3-12(17)10-18/h4-5,9,12H,1-3,6-8,10H2. The number of hydrogen-bond donors (Lipinski definition) is 0. The monoisotopic (exact) mass is 279 g/mol. The fourth-order valence-corrected chi connectivity index (χ4v) is 3.19. The van der Waals surface area contributed by atoms with Gasteiger partial charge in [-0.2, -0.15) is 0 Å². The first-order chi connectivity index (χ1) is 9.24. The van der Waals surface area contributed by atoms with Crippen LogP contribution >= 0.6 is 11.6 Å². The minimum atomic E-state index is 0.0814. The molecular weight excluding hydrogens is 262 g/mol. The van der Waals surface area contributed by atoms with Crippen LogP contribution in [0.4, 0.5) is 0 Å². The van der Waals surface area contributed by atoms with Crippen LogP contribution < -0.4 is 0 Å². The molecule has 0 aromatic carbocycles. The fraction of sp³-hybridized carbons (Fsp3) is 0.571. The van der Waals surface area contributed by atoms with E-state index in [0.717, 1.165) is 26.1 Å². The molecule has 1 unspecified atom stereocenters. The zero-order chi connectivity index (χ0) is 13.2. The Morgan fingerprint density at radius 3 is 2.89 bits per heavy atom. The predicted molar refractivity (Wildman–Crippen MR) is 74.4 cm³/mol. The first-order valence-corrected chi connectivity index (χ1v) is 7.27. The second-order valence-corrected chi connectivity index (χ2v) is 5.69. The average molecular weight is 280 g/mol. The fourth-order valence-electron chi connectivity index (χ4n) is 3.08. The van der Waals surface area contributed by atoms with Crippen LogP contribution in [0, 0.1) is 0 Å². The number of aromatic nitrogens is 1. The SMILES string of the molecule is O=C(c1ccc(Cl)nc1)N1CCCN2CCCC2C1. The summed E-state index contributed by atoms with van der Waals surface area (Å²) in [7, 11) is 0. The highest BCUT2D eigenvalue weighted by Crippen LogP contribution is 2.22. The van der Waals surface area contributed by atoms with Gasteiger partial charge >= 0.3 is 0 Å². The van der Waals surface area contributed by atoms with Gasteiger partial charge in [0, 0.05) is 31.9 Å². The first kappa shape index (κ1) is 12.9. The van der Waals surface area contributed by atoms with E-state index in [4.69, 9.17) is 11.6 Å². The van der Waals surface area contributed by atoms with Gasteiger partial charge in [0.25, 0.3) is 5.91 Å². The molecule has 1 atom stereocenters. The second-order valence-electron chi connectivity index (χ2n) is 5.31. The molecule has 1 aromatic heterocycles. The van der Waals surface area contributed by atoms with E-state index in [9.17, 15) is 4.79 Å². The van der Waals surface area contributed by atoms with Gasteiger partial charge in [0.15, 0.2) is 0 Å². The lowest BCUT2D eigenvalue weighted by atomic mass is 10.2. The molecule has 0 saturated carbocycles. The Kier molecular flexibility index (Phi) is 3.71. The number of amides is 1. The maximum absolute atomic E-state index is 12.5. The van der Waals surface area contributed by atoms with Crippen LogP contribution in [0.1, 0.15) is 29.6 Å². The highest BCUT2D eigenvalue weighted by Gasteiger charge is 2.30. The molecule has 5 heteroatoms. The Labute approximate surface area is 118 Å². The summed E-state index contributed by atoms with van der Waals surface area (Å²) in [6, 6.07) is 3.98. The van der Waals surface area contributed by atoms with Crippen LogP contribution in [0.5, 0.6) is 0 Å². The molecule has 102 valence electrons. The first-order valence-electron chi connectivity index (χ1n) is 6.89. The van der Waals surface area contributed by atoms with Crippen molar-refractivity contribution in [1.29, 1.82) is 0 Å². The van der Waals surface area contributed by atoms with Gasteiger partial charge in [0.2, 0.25) is 0 Å². The molecule has 1 aromatic rings. The van der Waals surface area contributed by atoms with Gasteiger partial charge in [-0.25, -0.2) is 4.98 Å². The molecule has 2 fully saturated rings. The zero-order valence-corrected chi connectivity index (χ0v) is 11.6. The summed E-state index contributed by atoms with van der Waals surface area (Å²) >= 11 is 5.76. The summed E-state index contributed by atoms with van der Waals surface area (Å²) < 4.78 is 0. The summed E-state index contributed by atoms with van der Waals surface area (Å²) in [4.78, 5) is 21.0. The molecule has 0 bridgehead atoms. The van der Waals surface area contributed by atoms with E-state index in [-0.39, 0.29) is 5.91 Å². The Hall–Kier alpha value is -1.13. The molecule has 0 aliphatic carbocycles. The van der Waals surface area contributed by atoms with Crippen LogP contribution in [-0.2, 0) is 0 Å². The van der Waals surface area contributed by atoms with Crippen LogP contribution in [0.25, 0.3) is 0 Å². The lowest BCUT2D eigenvalue weighted by molar-refractivity contribution is 0.0743. The van der Waals surface area contributed by atoms with Gasteiger partial charge in [-0.15, -0.1) is 0 Å². The van der Waals surface area contributed by atoms with Crippen LogP contribution in [0.2, 0.25) is 5.15 Å². The van der Waals surface area contributed by atoms with Gasteiger partial charge in [-0.1, -0.05) is 11.6 Å². The Balaban J connectivity index is 1.73. The van der Waals surface area contributed by atoms with Crippen molar-refractivity contribution in [2.45, 2.75) is 25.3 Å². The number of halogens is 1. The van der Waals surface area contributed by atoms with Crippen LogP contribution in [-0.4, -0.2) is 52.9 Å². The number of hydrogen-bond acceptors (Lipinski definition) is 3. The Bertz CT molecular complexity index is 462. The van der Waals surface area contributed by atoms with Gasteiger partial charge in [0.1, 0.15) is 5.15 Å². The molecule has 2 aliphatic heterocycles. The number of fused-ring (bicyclic) bond motifs is 1. The molecule has 2 saturated heterocycles. The molecular formula is C14H18ClN3O. The molecule has 3 heterocycles. The third-order valence-corrected chi connectivity index (χ3v) is 4.29. The van der Waals surface area contributed by atoms with Crippen molar-refractivity contribution in [2.75, 3.05) is 26.2 Å². The lowest BCUT2D eigenvalue weighted by Gasteiger charge is -2.25. The average Bonchev–Trinajstić information content (AvgIpc) is 2.76. The highest BCUT2D eigenvalue weighted by molar-refractivity contribution is 6.29. The van der Waals surface area contributed by atoms with E-state index in [2.05, 4.69) is 9.88 Å². The molecule has 4 nitrogen and oxygen atoms in total. The Morgan fingerprint density at radius 1 is 1.26 bits per heavy atom. The van der Waals surface area contributed by atoms with Gasteiger partial charge in [-0.3, -0.25) is 9.69 Å². The smallest absolute Gasteiger partial charge is 0.255 e. The lowest BCUT2D eigenvalue weighted by Crippen LogP contribution is -2.39. The summed E-state index contributed by atoms with van der Waals surface area (Å²) in [6.45, 7) is 4.00. The zero-order valence-electron chi connectivity index (χ0n) is 10.9. The maximum Gasteiger partial charge on any atom is 0.255 e. The second kappa shape index (κ2) is 5.47. The quantitative estimate of drug-likeness (QED) is 0.738. The number of carbonyl (C=O) groups is 1. The van der Waals surface area contributed by atoms with E-state index in [1.165, 1.54) is 19.4 Å². The third-order valence-electron chi connectivity index (χ3n) is 4.07. The van der Waals surface area contributed by atoms with Gasteiger partial charge < -0.3 is 4.90 Å². The normalized spacial score (nSPS) is 24.1. The number of carbonyl (C=O) groups excluding carboxylic acids is 1. The summed E-state index contributed by atoms with van der Waals surface area (Å²) in [6.07, 6.45) is 5.10. The molecule has 0 spiro atoms. The van der Waals surface area contributed by atoms with Crippen molar-refractivity contribution in [1.82, 2.24) is 14.8 Å². The molecule has 1 amide bonds. The molecule has 2 aliphatic rings. The molecule has 0 N–H and O–H groups in total. The van der Waals surface area contributed by atoms with Crippen LogP contribution in [0.15, 0.2) is 18.3 Å². The van der Waals surface area contributed by atoms with Crippen molar-refractivity contribution in [3.63, 3.8) is 0 Å². The van der Waals surface area contributed by atoms with E-state index in [1.54, 1.807) is 18.3 Å². The predicted octanol–water partition coefficient (Wildman–Crippen LogP) is 2.05. The summed E-state index contributed by atoms with van der Waals surface area (Å²) in [5.41, 5.74) is 0.635. The summed E-state index contributed by atoms with van der Waals surface area (Å²) in [5.74, 6) is 0.0814. The summed E-state index contributed by atoms with van der Waals surface area (Å²) in [5, 5.41) is 0.425.